The Hall–Kier alpha value is -4.17. The molecule has 0 aliphatic carbocycles. The van der Waals surface area contributed by atoms with Gasteiger partial charge in [-0.05, 0) is 72.6 Å². The van der Waals surface area contributed by atoms with Gasteiger partial charge in [-0.3, -0.25) is 0 Å². The topological polar surface area (TPSA) is 94.9 Å². The lowest BCUT2D eigenvalue weighted by molar-refractivity contribution is 0.602. The molecule has 1 aliphatic heterocycles. The van der Waals surface area contributed by atoms with Crippen LogP contribution in [0.3, 0.4) is 0 Å². The van der Waals surface area contributed by atoms with Gasteiger partial charge in [-0.2, -0.15) is 5.26 Å². The van der Waals surface area contributed by atoms with Crippen LogP contribution in [-0.2, 0) is 22.8 Å². The summed E-state index contributed by atoms with van der Waals surface area (Å²) in [5.74, 6) is 7.06. The Morgan fingerprint density at radius 2 is 1.83 bits per heavy atom. The van der Waals surface area contributed by atoms with E-state index in [2.05, 4.69) is 45.7 Å². The molecule has 0 bridgehead atoms. The largest absolute Gasteiger partial charge is 0.340 e. The number of rotatable bonds is 3. The van der Waals surface area contributed by atoms with Crippen LogP contribution in [-0.4, -0.2) is 26.2 Å². The summed E-state index contributed by atoms with van der Waals surface area (Å²) in [7, 11) is -3.26. The number of benzene rings is 3. The molecule has 0 fully saturated rings. The van der Waals surface area contributed by atoms with Crippen LogP contribution < -0.4 is 10.6 Å². The molecule has 2 heterocycles. The molecule has 0 saturated heterocycles. The fourth-order valence-corrected chi connectivity index (χ4v) is 4.77. The number of nitrogens with one attached hydrogen (secondary N) is 2. The molecular weight excluding hydrogens is 456 g/mol. The molecule has 4 aromatic rings. The Morgan fingerprint density at radius 1 is 1.00 bits per heavy atom. The molecule has 0 saturated carbocycles. The zero-order valence-electron chi connectivity index (χ0n) is 19.1. The second kappa shape index (κ2) is 9.23. The Balaban J connectivity index is 1.51. The van der Waals surface area contributed by atoms with E-state index in [9.17, 15) is 13.7 Å². The number of hydrogen-bond acceptors (Lipinski definition) is 6. The van der Waals surface area contributed by atoms with Crippen molar-refractivity contribution in [2.45, 2.75) is 17.9 Å². The summed E-state index contributed by atoms with van der Waals surface area (Å²) in [6.07, 6.45) is 3.90. The zero-order chi connectivity index (χ0) is 24.4. The van der Waals surface area contributed by atoms with Gasteiger partial charge in [0.25, 0.3) is 0 Å². The molecule has 3 aromatic carbocycles. The van der Waals surface area contributed by atoms with E-state index in [1.807, 2.05) is 18.2 Å². The minimum atomic E-state index is -3.26. The van der Waals surface area contributed by atoms with Gasteiger partial charge in [0.15, 0.2) is 9.84 Å². The van der Waals surface area contributed by atoms with E-state index in [1.165, 1.54) is 17.4 Å². The lowest BCUT2D eigenvalue weighted by atomic mass is 9.97. The van der Waals surface area contributed by atoms with Gasteiger partial charge in [-0.15, -0.1) is 0 Å². The summed E-state index contributed by atoms with van der Waals surface area (Å²) >= 11 is 0. The van der Waals surface area contributed by atoms with E-state index in [-0.39, 0.29) is 4.90 Å². The van der Waals surface area contributed by atoms with Gasteiger partial charge in [0, 0.05) is 41.0 Å². The van der Waals surface area contributed by atoms with Crippen LogP contribution in [0, 0.1) is 23.2 Å². The molecule has 35 heavy (non-hydrogen) atoms. The molecule has 0 unspecified atom stereocenters. The van der Waals surface area contributed by atoms with Crippen molar-refractivity contribution in [1.29, 1.82) is 5.26 Å². The zero-order valence-corrected chi connectivity index (χ0v) is 19.9. The first-order valence-electron chi connectivity index (χ1n) is 11.2. The number of aromatic nitrogens is 1. The van der Waals surface area contributed by atoms with Crippen LogP contribution in [0.15, 0.2) is 71.8 Å². The second-order valence-electron chi connectivity index (χ2n) is 8.47. The van der Waals surface area contributed by atoms with Crippen molar-refractivity contribution < 1.29 is 8.42 Å². The van der Waals surface area contributed by atoms with Crippen molar-refractivity contribution in [3.63, 3.8) is 0 Å². The summed E-state index contributed by atoms with van der Waals surface area (Å²) in [6, 6.07) is 20.5. The van der Waals surface area contributed by atoms with E-state index >= 15 is 0 Å². The average molecular weight is 479 g/mol. The molecule has 1 aliphatic rings. The SMILES string of the molecule is CS(=O)(=O)c1ccc(Nc2cc3c(C#Cc4ccc5c(c4)CCNC5)c(C#N)ccc3cn2)cc1. The van der Waals surface area contributed by atoms with Gasteiger partial charge in [0.2, 0.25) is 0 Å². The number of hydrogen-bond donors (Lipinski definition) is 2. The van der Waals surface area contributed by atoms with Crippen molar-refractivity contribution in [3.8, 4) is 17.9 Å². The van der Waals surface area contributed by atoms with Gasteiger partial charge in [0.05, 0.1) is 16.0 Å². The molecule has 0 spiro atoms. The number of sulfone groups is 1. The van der Waals surface area contributed by atoms with Crippen molar-refractivity contribution in [2.75, 3.05) is 18.1 Å². The normalized spacial score (nSPS) is 12.8. The fraction of sp³-hybridized carbons (Fsp3) is 0.143. The molecule has 0 amide bonds. The van der Waals surface area contributed by atoms with Gasteiger partial charge in [-0.25, -0.2) is 13.4 Å². The highest BCUT2D eigenvalue weighted by Crippen LogP contribution is 2.26. The third-order valence-corrected chi connectivity index (χ3v) is 7.13. The Morgan fingerprint density at radius 3 is 2.60 bits per heavy atom. The molecule has 1 aromatic heterocycles. The van der Waals surface area contributed by atoms with Crippen LogP contribution in [0.1, 0.15) is 27.8 Å². The summed E-state index contributed by atoms with van der Waals surface area (Å²) in [6.45, 7) is 1.84. The highest BCUT2D eigenvalue weighted by molar-refractivity contribution is 7.90. The second-order valence-corrected chi connectivity index (χ2v) is 10.5. The van der Waals surface area contributed by atoms with E-state index in [0.717, 1.165) is 35.8 Å². The van der Waals surface area contributed by atoms with Crippen LogP contribution in [0.25, 0.3) is 10.8 Å². The number of pyridine rings is 1. The number of nitrogens with zero attached hydrogens (tertiary/aromatic N) is 2. The van der Waals surface area contributed by atoms with Gasteiger partial charge >= 0.3 is 0 Å². The number of nitriles is 1. The molecule has 0 radical (unpaired) electrons. The summed E-state index contributed by atoms with van der Waals surface area (Å²) in [5, 5.41) is 18.0. The lowest BCUT2D eigenvalue weighted by Gasteiger charge is -2.16. The number of anilines is 2. The van der Waals surface area contributed by atoms with E-state index in [1.54, 1.807) is 36.5 Å². The molecule has 2 N–H and O–H groups in total. The van der Waals surface area contributed by atoms with E-state index in [4.69, 9.17) is 0 Å². The van der Waals surface area contributed by atoms with Gasteiger partial charge < -0.3 is 10.6 Å². The van der Waals surface area contributed by atoms with Crippen molar-refractivity contribution in [2.24, 2.45) is 0 Å². The quantitative estimate of drug-likeness (QED) is 0.427. The molecule has 6 nitrogen and oxygen atoms in total. The molecule has 172 valence electrons. The maximum absolute atomic E-state index is 11.7. The fourth-order valence-electron chi connectivity index (χ4n) is 4.14. The van der Waals surface area contributed by atoms with Gasteiger partial charge in [-0.1, -0.05) is 24.0 Å². The summed E-state index contributed by atoms with van der Waals surface area (Å²) in [4.78, 5) is 4.72. The predicted molar refractivity (Wildman–Crippen MR) is 137 cm³/mol. The molecule has 5 rings (SSSR count). The maximum Gasteiger partial charge on any atom is 0.175 e. The molecular formula is C28H22N4O2S. The third kappa shape index (κ3) is 4.88. The Bertz CT molecular complexity index is 1660. The smallest absolute Gasteiger partial charge is 0.175 e. The van der Waals surface area contributed by atoms with Crippen LogP contribution in [0.5, 0.6) is 0 Å². The highest BCUT2D eigenvalue weighted by atomic mass is 32.2. The van der Waals surface area contributed by atoms with Crippen LogP contribution in [0.2, 0.25) is 0 Å². The van der Waals surface area contributed by atoms with E-state index in [0.29, 0.717) is 22.6 Å². The van der Waals surface area contributed by atoms with Crippen LogP contribution in [0.4, 0.5) is 11.5 Å². The van der Waals surface area contributed by atoms with Gasteiger partial charge in [0.1, 0.15) is 11.9 Å². The van der Waals surface area contributed by atoms with Crippen molar-refractivity contribution >= 4 is 32.1 Å². The van der Waals surface area contributed by atoms with E-state index < -0.39 is 9.84 Å². The number of fused-ring (bicyclic) bond motifs is 2. The Kier molecular flexibility index (Phi) is 5.96. The first kappa shape index (κ1) is 22.6. The third-order valence-electron chi connectivity index (χ3n) is 6.00. The standard InChI is InChI=1S/C28H22N4O2S/c1-35(33,34)25-9-7-24(8-10-25)32-28-15-27-23(18-31-28)6-5-21(16-29)26(27)11-3-19-2-4-22-17-30-13-12-20(22)14-19/h2,4-10,14-15,18,30H,12-13,17H2,1H3,(H,31,32). The van der Waals surface area contributed by atoms with Crippen LogP contribution >= 0.6 is 0 Å². The Labute approximate surface area is 204 Å². The minimum absolute atomic E-state index is 0.254. The maximum atomic E-state index is 11.7. The highest BCUT2D eigenvalue weighted by Gasteiger charge is 2.11. The monoisotopic (exact) mass is 478 g/mol. The minimum Gasteiger partial charge on any atom is -0.340 e. The molecule has 7 heteroatoms. The first-order valence-corrected chi connectivity index (χ1v) is 13.0. The molecule has 0 atom stereocenters. The lowest BCUT2D eigenvalue weighted by Crippen LogP contribution is -2.23. The first-order chi connectivity index (χ1) is 16.9. The summed E-state index contributed by atoms with van der Waals surface area (Å²) in [5.41, 5.74) is 5.40. The van der Waals surface area contributed by atoms with Crippen molar-refractivity contribution in [3.05, 3.63) is 94.7 Å². The van der Waals surface area contributed by atoms with Crippen molar-refractivity contribution in [1.82, 2.24) is 10.3 Å². The summed E-state index contributed by atoms with van der Waals surface area (Å²) < 4.78 is 23.4. The average Bonchev–Trinajstić information content (AvgIpc) is 2.87. The predicted octanol–water partition coefficient (Wildman–Crippen LogP) is 4.30.